The Balaban J connectivity index is 2.23. The molecular weight excluding hydrogens is 268 g/mol. The van der Waals surface area contributed by atoms with Gasteiger partial charge in [-0.2, -0.15) is 0 Å². The molecule has 1 aliphatic heterocycles. The number of aliphatic hydroxyl groups is 1. The zero-order valence-electron chi connectivity index (χ0n) is 13.9. The Hall–Kier alpha value is -0.650. The third-order valence-corrected chi connectivity index (χ3v) is 4.05. The van der Waals surface area contributed by atoms with E-state index in [0.29, 0.717) is 39.1 Å². The summed E-state index contributed by atoms with van der Waals surface area (Å²) in [5.74, 6) is 0.0390. The summed E-state index contributed by atoms with van der Waals surface area (Å²) < 4.78 is 5.27. The molecule has 1 aliphatic rings. The van der Waals surface area contributed by atoms with Crippen molar-refractivity contribution in [1.29, 1.82) is 0 Å². The molecule has 1 rings (SSSR count). The van der Waals surface area contributed by atoms with Gasteiger partial charge in [-0.25, -0.2) is 0 Å². The maximum Gasteiger partial charge on any atom is 0.234 e. The van der Waals surface area contributed by atoms with Gasteiger partial charge in [0.05, 0.1) is 12.1 Å². The first-order valence-electron chi connectivity index (χ1n) is 8.23. The number of unbranched alkanes of at least 4 members (excludes halogenated alkanes) is 2. The van der Waals surface area contributed by atoms with Gasteiger partial charge in [-0.3, -0.25) is 9.69 Å². The Morgan fingerprint density at radius 3 is 2.67 bits per heavy atom. The molecule has 1 saturated heterocycles. The van der Waals surface area contributed by atoms with Crippen LogP contribution in [-0.4, -0.2) is 60.9 Å². The van der Waals surface area contributed by atoms with Crippen molar-refractivity contribution < 1.29 is 14.6 Å². The molecule has 2 N–H and O–H groups in total. The molecule has 1 heterocycles. The Bertz CT molecular complexity index is 304. The highest BCUT2D eigenvalue weighted by Crippen LogP contribution is 2.21. The van der Waals surface area contributed by atoms with Crippen LogP contribution in [0.5, 0.6) is 0 Å². The number of hydrogen-bond donors (Lipinski definition) is 2. The molecular formula is C16H32N2O3. The van der Waals surface area contributed by atoms with Crippen LogP contribution >= 0.6 is 0 Å². The molecule has 21 heavy (non-hydrogen) atoms. The first kappa shape index (κ1) is 18.4. The summed E-state index contributed by atoms with van der Waals surface area (Å²) in [5, 5.41) is 13.5. The SMILES string of the molecule is CCCCCC(C)NC(=O)CN(C)CC1(O)CCOCC1. The van der Waals surface area contributed by atoms with Crippen LogP contribution < -0.4 is 5.32 Å². The summed E-state index contributed by atoms with van der Waals surface area (Å²) in [6, 6.07) is 0.226. The van der Waals surface area contributed by atoms with E-state index in [1.54, 1.807) is 0 Å². The minimum atomic E-state index is -0.708. The molecule has 0 spiro atoms. The minimum Gasteiger partial charge on any atom is -0.388 e. The van der Waals surface area contributed by atoms with E-state index in [2.05, 4.69) is 19.2 Å². The fourth-order valence-corrected chi connectivity index (χ4v) is 2.81. The normalized spacial score (nSPS) is 19.5. The second kappa shape index (κ2) is 9.38. The van der Waals surface area contributed by atoms with E-state index in [4.69, 9.17) is 4.74 Å². The summed E-state index contributed by atoms with van der Waals surface area (Å²) in [4.78, 5) is 13.9. The summed E-state index contributed by atoms with van der Waals surface area (Å²) in [6.07, 6.45) is 5.90. The van der Waals surface area contributed by atoms with E-state index in [0.717, 1.165) is 12.8 Å². The van der Waals surface area contributed by atoms with Gasteiger partial charge in [-0.15, -0.1) is 0 Å². The largest absolute Gasteiger partial charge is 0.388 e. The molecule has 0 aromatic rings. The second-order valence-electron chi connectivity index (χ2n) is 6.47. The number of ether oxygens (including phenoxy) is 1. The number of hydrogen-bond acceptors (Lipinski definition) is 4. The van der Waals surface area contributed by atoms with Crippen molar-refractivity contribution in [3.05, 3.63) is 0 Å². The van der Waals surface area contributed by atoms with E-state index in [1.807, 2.05) is 11.9 Å². The van der Waals surface area contributed by atoms with Crippen molar-refractivity contribution in [2.45, 2.75) is 64.0 Å². The zero-order valence-corrected chi connectivity index (χ0v) is 13.9. The van der Waals surface area contributed by atoms with Crippen LogP contribution in [0.1, 0.15) is 52.4 Å². The number of carbonyl (C=O) groups is 1. The monoisotopic (exact) mass is 300 g/mol. The average Bonchev–Trinajstić information content (AvgIpc) is 2.38. The highest BCUT2D eigenvalue weighted by molar-refractivity contribution is 5.78. The van der Waals surface area contributed by atoms with Crippen LogP contribution in [0.3, 0.4) is 0 Å². The smallest absolute Gasteiger partial charge is 0.234 e. The quantitative estimate of drug-likeness (QED) is 0.634. The highest BCUT2D eigenvalue weighted by atomic mass is 16.5. The van der Waals surface area contributed by atoms with Crippen molar-refractivity contribution in [2.24, 2.45) is 0 Å². The molecule has 0 radical (unpaired) electrons. The molecule has 0 aromatic carbocycles. The first-order valence-corrected chi connectivity index (χ1v) is 8.23. The van der Waals surface area contributed by atoms with Crippen molar-refractivity contribution in [3.8, 4) is 0 Å². The molecule has 5 nitrogen and oxygen atoms in total. The van der Waals surface area contributed by atoms with E-state index in [-0.39, 0.29) is 11.9 Å². The number of nitrogens with zero attached hydrogens (tertiary/aromatic N) is 1. The van der Waals surface area contributed by atoms with Gasteiger partial charge in [0.25, 0.3) is 0 Å². The van der Waals surface area contributed by atoms with Gasteiger partial charge in [-0.1, -0.05) is 26.2 Å². The van der Waals surface area contributed by atoms with Crippen molar-refractivity contribution >= 4 is 5.91 Å². The lowest BCUT2D eigenvalue weighted by Gasteiger charge is -2.35. The molecule has 124 valence electrons. The number of amides is 1. The van der Waals surface area contributed by atoms with Gasteiger partial charge >= 0.3 is 0 Å². The highest BCUT2D eigenvalue weighted by Gasteiger charge is 2.31. The predicted molar refractivity (Wildman–Crippen MR) is 84.2 cm³/mol. The third-order valence-electron chi connectivity index (χ3n) is 4.05. The van der Waals surface area contributed by atoms with E-state index in [9.17, 15) is 9.90 Å². The van der Waals surface area contributed by atoms with E-state index in [1.165, 1.54) is 12.8 Å². The van der Waals surface area contributed by atoms with Crippen molar-refractivity contribution in [1.82, 2.24) is 10.2 Å². The molecule has 0 aliphatic carbocycles. The standard InChI is InChI=1S/C16H32N2O3/c1-4-5-6-7-14(2)17-15(19)12-18(3)13-16(20)8-10-21-11-9-16/h14,20H,4-13H2,1-3H3,(H,17,19). The topological polar surface area (TPSA) is 61.8 Å². The molecule has 1 atom stereocenters. The van der Waals surface area contributed by atoms with Crippen LogP contribution in [0.25, 0.3) is 0 Å². The number of rotatable bonds is 9. The molecule has 1 fully saturated rings. The number of carbonyl (C=O) groups excluding carboxylic acids is 1. The fraction of sp³-hybridized carbons (Fsp3) is 0.938. The molecule has 0 bridgehead atoms. The summed E-state index contributed by atoms with van der Waals surface area (Å²) >= 11 is 0. The van der Waals surface area contributed by atoms with Crippen LogP contribution in [0.15, 0.2) is 0 Å². The Morgan fingerprint density at radius 1 is 1.38 bits per heavy atom. The van der Waals surface area contributed by atoms with Crippen LogP contribution in [0.2, 0.25) is 0 Å². The van der Waals surface area contributed by atoms with Gasteiger partial charge in [-0.05, 0) is 20.4 Å². The summed E-state index contributed by atoms with van der Waals surface area (Å²) in [5.41, 5.74) is -0.708. The molecule has 1 amide bonds. The lowest BCUT2D eigenvalue weighted by atomic mass is 9.94. The third kappa shape index (κ3) is 7.79. The summed E-state index contributed by atoms with van der Waals surface area (Å²) in [7, 11) is 1.88. The Labute approximate surface area is 129 Å². The maximum absolute atomic E-state index is 12.0. The first-order chi connectivity index (χ1) is 9.95. The predicted octanol–water partition coefficient (Wildman–Crippen LogP) is 1.54. The van der Waals surface area contributed by atoms with Gasteiger partial charge in [0.1, 0.15) is 0 Å². The van der Waals surface area contributed by atoms with E-state index >= 15 is 0 Å². The van der Waals surface area contributed by atoms with Crippen LogP contribution in [-0.2, 0) is 9.53 Å². The van der Waals surface area contributed by atoms with Crippen LogP contribution in [0.4, 0.5) is 0 Å². The molecule has 5 heteroatoms. The lowest BCUT2D eigenvalue weighted by molar-refractivity contribution is -0.124. The number of nitrogens with one attached hydrogen (secondary N) is 1. The second-order valence-corrected chi connectivity index (χ2v) is 6.47. The Morgan fingerprint density at radius 2 is 2.05 bits per heavy atom. The molecule has 1 unspecified atom stereocenters. The van der Waals surface area contributed by atoms with Gasteiger partial charge < -0.3 is 15.2 Å². The number of likely N-dealkylation sites (N-methyl/N-ethyl adjacent to an activating group) is 1. The fourth-order valence-electron chi connectivity index (χ4n) is 2.81. The summed E-state index contributed by atoms with van der Waals surface area (Å²) in [6.45, 7) is 6.30. The van der Waals surface area contributed by atoms with Gasteiger partial charge in [0.15, 0.2) is 0 Å². The molecule has 0 aromatic heterocycles. The van der Waals surface area contributed by atoms with Gasteiger partial charge in [0, 0.05) is 38.6 Å². The van der Waals surface area contributed by atoms with Crippen molar-refractivity contribution in [2.75, 3.05) is 33.4 Å². The maximum atomic E-state index is 12.0. The van der Waals surface area contributed by atoms with E-state index < -0.39 is 5.60 Å². The minimum absolute atomic E-state index is 0.0390. The average molecular weight is 300 g/mol. The zero-order chi connectivity index (χ0) is 15.7. The molecule has 0 saturated carbocycles. The van der Waals surface area contributed by atoms with Gasteiger partial charge in [0.2, 0.25) is 5.91 Å². The Kier molecular flexibility index (Phi) is 8.22. The van der Waals surface area contributed by atoms with Crippen molar-refractivity contribution in [3.63, 3.8) is 0 Å². The van der Waals surface area contributed by atoms with Crippen LogP contribution in [0, 0.1) is 0 Å². The lowest BCUT2D eigenvalue weighted by Crippen LogP contribution is -2.48.